The zero-order chi connectivity index (χ0) is 22.8. The van der Waals surface area contributed by atoms with Crippen molar-refractivity contribution in [3.63, 3.8) is 0 Å². The molecule has 1 aromatic carbocycles. The number of rotatable bonds is 4. The van der Waals surface area contributed by atoms with Gasteiger partial charge in [-0.2, -0.15) is 17.0 Å². The number of amides is 1. The Morgan fingerprint density at radius 2 is 1.88 bits per heavy atom. The second-order valence-electron chi connectivity index (χ2n) is 7.57. The molecule has 2 aromatic rings. The van der Waals surface area contributed by atoms with Crippen LogP contribution >= 0.6 is 35.7 Å². The summed E-state index contributed by atoms with van der Waals surface area (Å²) in [6.45, 7) is 3.80. The molecule has 0 aliphatic carbocycles. The SMILES string of the molecule is Cc1c(C=C2SC(=S)N(Cc3ccccc3)C2=O)c(N2CCSCC2)n(C)c(=O)c1C#N. The number of hydrogen-bond acceptors (Lipinski definition) is 7. The quantitative estimate of drug-likeness (QED) is 0.488. The van der Waals surface area contributed by atoms with Crippen molar-refractivity contribution in [1.82, 2.24) is 9.47 Å². The Balaban J connectivity index is 1.78. The fraction of sp³-hybridized carbons (Fsp3) is 0.304. The predicted molar refractivity (Wildman–Crippen MR) is 136 cm³/mol. The van der Waals surface area contributed by atoms with Gasteiger partial charge in [-0.3, -0.25) is 19.1 Å². The van der Waals surface area contributed by atoms with E-state index in [0.717, 1.165) is 41.5 Å². The number of benzene rings is 1. The predicted octanol–water partition coefficient (Wildman–Crippen LogP) is 3.52. The lowest BCUT2D eigenvalue weighted by atomic mass is 10.0. The van der Waals surface area contributed by atoms with Crippen molar-refractivity contribution in [2.45, 2.75) is 13.5 Å². The van der Waals surface area contributed by atoms with E-state index in [1.165, 1.54) is 16.3 Å². The van der Waals surface area contributed by atoms with Crippen LogP contribution in [0, 0.1) is 18.3 Å². The summed E-state index contributed by atoms with van der Waals surface area (Å²) in [5.41, 5.74) is 2.12. The summed E-state index contributed by atoms with van der Waals surface area (Å²) in [7, 11) is 1.69. The fourth-order valence-corrected chi connectivity index (χ4v) is 6.04. The molecule has 0 unspecified atom stereocenters. The Kier molecular flexibility index (Phi) is 6.74. The van der Waals surface area contributed by atoms with Crippen LogP contribution in [0.5, 0.6) is 0 Å². The minimum Gasteiger partial charge on any atom is -0.356 e. The average molecular weight is 483 g/mol. The molecule has 2 aliphatic rings. The number of hydrogen-bond donors (Lipinski definition) is 0. The van der Waals surface area contributed by atoms with E-state index in [0.29, 0.717) is 21.3 Å². The maximum absolute atomic E-state index is 13.2. The molecule has 6 nitrogen and oxygen atoms in total. The summed E-state index contributed by atoms with van der Waals surface area (Å²) in [5.74, 6) is 2.52. The highest BCUT2D eigenvalue weighted by molar-refractivity contribution is 8.26. The van der Waals surface area contributed by atoms with Crippen LogP contribution in [0.25, 0.3) is 6.08 Å². The first-order valence-corrected chi connectivity index (χ1v) is 12.6. The van der Waals surface area contributed by atoms with E-state index in [-0.39, 0.29) is 17.0 Å². The molecule has 9 heteroatoms. The van der Waals surface area contributed by atoms with Gasteiger partial charge in [0.05, 0.1) is 11.4 Å². The first kappa shape index (κ1) is 22.6. The third-order valence-electron chi connectivity index (χ3n) is 5.61. The largest absolute Gasteiger partial charge is 0.356 e. The van der Waals surface area contributed by atoms with Crippen molar-refractivity contribution in [3.05, 3.63) is 67.8 Å². The van der Waals surface area contributed by atoms with Crippen LogP contribution in [0.3, 0.4) is 0 Å². The minimum atomic E-state index is -0.313. The topological polar surface area (TPSA) is 69.3 Å². The molecule has 2 aliphatic heterocycles. The molecule has 0 saturated carbocycles. The molecule has 164 valence electrons. The number of carbonyl (C=O) groups is 1. The molecule has 0 spiro atoms. The summed E-state index contributed by atoms with van der Waals surface area (Å²) < 4.78 is 2.04. The molecule has 0 radical (unpaired) electrons. The number of anilines is 1. The Bertz CT molecular complexity index is 1210. The van der Waals surface area contributed by atoms with Gasteiger partial charge in [0.2, 0.25) is 0 Å². The zero-order valence-electron chi connectivity index (χ0n) is 17.8. The van der Waals surface area contributed by atoms with Crippen LogP contribution in [0.2, 0.25) is 0 Å². The first-order chi connectivity index (χ1) is 15.4. The van der Waals surface area contributed by atoms with E-state index < -0.39 is 0 Å². The van der Waals surface area contributed by atoms with Gasteiger partial charge >= 0.3 is 0 Å². The molecule has 3 heterocycles. The summed E-state index contributed by atoms with van der Waals surface area (Å²) in [5, 5.41) is 9.61. The van der Waals surface area contributed by atoms with Gasteiger partial charge in [0, 0.05) is 37.2 Å². The van der Waals surface area contributed by atoms with Crippen molar-refractivity contribution in [2.75, 3.05) is 29.5 Å². The Labute approximate surface area is 200 Å². The molecule has 2 saturated heterocycles. The minimum absolute atomic E-state index is 0.105. The molecule has 0 N–H and O–H groups in total. The number of pyridine rings is 1. The molecular weight excluding hydrogens is 460 g/mol. The van der Waals surface area contributed by atoms with Crippen LogP contribution in [0.1, 0.15) is 22.3 Å². The molecule has 0 bridgehead atoms. The molecule has 2 fully saturated rings. The van der Waals surface area contributed by atoms with Crippen molar-refractivity contribution >= 4 is 57.9 Å². The second-order valence-corrected chi connectivity index (χ2v) is 10.5. The molecule has 0 atom stereocenters. The first-order valence-electron chi connectivity index (χ1n) is 10.2. The lowest BCUT2D eigenvalue weighted by Gasteiger charge is -2.32. The molecule has 1 amide bonds. The van der Waals surface area contributed by atoms with Gasteiger partial charge in [0.25, 0.3) is 11.5 Å². The van der Waals surface area contributed by atoms with Crippen LogP contribution < -0.4 is 10.5 Å². The standard InChI is InChI=1S/C23H22N4O2S3/c1-15-17(20(26-8-10-31-11-9-26)25(2)21(28)18(15)13-24)12-19-22(29)27(23(30)32-19)14-16-6-4-3-5-7-16/h3-7,12H,8-11,14H2,1-2H3. The van der Waals surface area contributed by atoms with Crippen molar-refractivity contribution in [1.29, 1.82) is 5.26 Å². The maximum Gasteiger partial charge on any atom is 0.270 e. The van der Waals surface area contributed by atoms with Crippen molar-refractivity contribution in [2.24, 2.45) is 7.05 Å². The Morgan fingerprint density at radius 1 is 1.19 bits per heavy atom. The van der Waals surface area contributed by atoms with Crippen LogP contribution in [0.15, 0.2) is 40.0 Å². The summed E-state index contributed by atoms with van der Waals surface area (Å²) in [4.78, 5) is 30.3. The lowest BCUT2D eigenvalue weighted by Crippen LogP contribution is -2.38. The highest BCUT2D eigenvalue weighted by Gasteiger charge is 2.33. The van der Waals surface area contributed by atoms with Gasteiger partial charge < -0.3 is 4.90 Å². The third kappa shape index (κ3) is 4.22. The smallest absolute Gasteiger partial charge is 0.270 e. The molecule has 32 heavy (non-hydrogen) atoms. The zero-order valence-corrected chi connectivity index (χ0v) is 20.3. The summed E-state index contributed by atoms with van der Waals surface area (Å²) >= 11 is 8.64. The molecular formula is C23H22N4O2S3. The van der Waals surface area contributed by atoms with Gasteiger partial charge in [0.15, 0.2) is 0 Å². The maximum atomic E-state index is 13.2. The summed E-state index contributed by atoms with van der Waals surface area (Å²) in [6.07, 6.45) is 1.80. The van der Waals surface area contributed by atoms with Gasteiger partial charge in [-0.05, 0) is 24.1 Å². The second kappa shape index (κ2) is 9.53. The molecule has 1 aromatic heterocycles. The van der Waals surface area contributed by atoms with Crippen molar-refractivity contribution in [3.8, 4) is 6.07 Å². The molecule has 4 rings (SSSR count). The van der Waals surface area contributed by atoms with Gasteiger partial charge in [-0.25, -0.2) is 0 Å². The number of aromatic nitrogens is 1. The van der Waals surface area contributed by atoms with E-state index in [2.05, 4.69) is 4.90 Å². The lowest BCUT2D eigenvalue weighted by molar-refractivity contribution is -0.122. The van der Waals surface area contributed by atoms with Gasteiger partial charge in [-0.1, -0.05) is 54.3 Å². The third-order valence-corrected chi connectivity index (χ3v) is 7.93. The van der Waals surface area contributed by atoms with Crippen molar-refractivity contribution < 1.29 is 4.79 Å². The van der Waals surface area contributed by atoms with E-state index in [1.807, 2.05) is 48.2 Å². The average Bonchev–Trinajstić information content (AvgIpc) is 3.06. The number of nitrogens with zero attached hydrogens (tertiary/aromatic N) is 4. The van der Waals surface area contributed by atoms with E-state index in [1.54, 1.807) is 24.9 Å². The highest BCUT2D eigenvalue weighted by Crippen LogP contribution is 2.36. The Hall–Kier alpha value is -2.54. The monoisotopic (exact) mass is 482 g/mol. The summed E-state index contributed by atoms with van der Waals surface area (Å²) in [6, 6.07) is 11.8. The normalized spacial score (nSPS) is 17.8. The van der Waals surface area contributed by atoms with E-state index in [9.17, 15) is 14.9 Å². The fourth-order valence-electron chi connectivity index (χ4n) is 3.90. The number of nitriles is 1. The number of carbonyl (C=O) groups excluding carboxylic acids is 1. The Morgan fingerprint density at radius 3 is 2.53 bits per heavy atom. The van der Waals surface area contributed by atoms with Crippen LogP contribution in [-0.2, 0) is 18.4 Å². The highest BCUT2D eigenvalue weighted by atomic mass is 32.2. The van der Waals surface area contributed by atoms with Gasteiger partial charge in [-0.15, -0.1) is 0 Å². The van der Waals surface area contributed by atoms with E-state index >= 15 is 0 Å². The van der Waals surface area contributed by atoms with Crippen LogP contribution in [-0.4, -0.2) is 44.3 Å². The number of thiocarbonyl (C=S) groups is 1. The van der Waals surface area contributed by atoms with Gasteiger partial charge in [0.1, 0.15) is 21.8 Å². The van der Waals surface area contributed by atoms with E-state index in [4.69, 9.17) is 12.2 Å². The number of thioether (sulfide) groups is 2. The van der Waals surface area contributed by atoms with Crippen LogP contribution in [0.4, 0.5) is 5.82 Å².